The van der Waals surface area contributed by atoms with Crippen LogP contribution >= 0.6 is 0 Å². The second kappa shape index (κ2) is 11.3. The highest BCUT2D eigenvalue weighted by Gasteiger charge is 2.23. The quantitative estimate of drug-likeness (QED) is 0.539. The summed E-state index contributed by atoms with van der Waals surface area (Å²) in [5, 5.41) is 15.9. The highest BCUT2D eigenvalue weighted by atomic mass is 16.5. The fourth-order valence-corrected chi connectivity index (χ4v) is 3.89. The van der Waals surface area contributed by atoms with Gasteiger partial charge >= 0.3 is 6.01 Å². The molecule has 3 rings (SSSR count). The summed E-state index contributed by atoms with van der Waals surface area (Å²) >= 11 is 0. The Balaban J connectivity index is 1.37. The molecule has 1 aromatic heterocycles. The molecule has 1 atom stereocenters. The Hall–Kier alpha value is -2.61. The lowest BCUT2D eigenvalue weighted by Crippen LogP contribution is -2.35. The number of hydrogen-bond donors (Lipinski definition) is 2. The highest BCUT2D eigenvalue weighted by Crippen LogP contribution is 2.26. The average molecular weight is 445 g/mol. The summed E-state index contributed by atoms with van der Waals surface area (Å²) in [6.07, 6.45) is 4.37. The molecule has 0 bridgehead atoms. The van der Waals surface area contributed by atoms with Crippen molar-refractivity contribution in [2.45, 2.75) is 65.3 Å². The van der Waals surface area contributed by atoms with E-state index >= 15 is 0 Å². The molecule has 0 aliphatic carbocycles. The number of aryl methyl sites for hydroxylation is 1. The smallest absolute Gasteiger partial charge is 0.324 e. The maximum atomic E-state index is 12.2. The zero-order valence-electron chi connectivity index (χ0n) is 19.6. The number of aromatic nitrogens is 2. The molecule has 2 aromatic rings. The van der Waals surface area contributed by atoms with Gasteiger partial charge in [0.25, 0.3) is 5.91 Å². The van der Waals surface area contributed by atoms with Gasteiger partial charge in [-0.3, -0.25) is 4.79 Å². The Morgan fingerprint density at radius 1 is 1.31 bits per heavy atom. The molecule has 0 radical (unpaired) electrons. The highest BCUT2D eigenvalue weighted by molar-refractivity contribution is 5.95. The van der Waals surface area contributed by atoms with E-state index in [1.165, 1.54) is 0 Å². The van der Waals surface area contributed by atoms with Crippen LogP contribution in [0, 0.1) is 12.8 Å². The van der Waals surface area contributed by atoms with Crippen LogP contribution in [0.15, 0.2) is 22.7 Å². The van der Waals surface area contributed by atoms with Gasteiger partial charge in [0.05, 0.1) is 13.2 Å². The van der Waals surface area contributed by atoms with Crippen molar-refractivity contribution in [3.63, 3.8) is 0 Å². The second-order valence-electron chi connectivity index (χ2n) is 9.04. The summed E-state index contributed by atoms with van der Waals surface area (Å²) in [4.78, 5) is 18.9. The van der Waals surface area contributed by atoms with Crippen LogP contribution in [0.25, 0.3) is 0 Å². The summed E-state index contributed by atoms with van der Waals surface area (Å²) in [6.45, 7) is 10.3. The van der Waals surface area contributed by atoms with E-state index in [1.54, 1.807) is 13.0 Å². The van der Waals surface area contributed by atoms with E-state index in [9.17, 15) is 4.79 Å². The zero-order chi connectivity index (χ0) is 23.1. The maximum absolute atomic E-state index is 12.2. The Bertz CT molecular complexity index is 875. The molecule has 1 fully saturated rings. The number of carbonyl (C=O) groups is 1. The molecule has 0 saturated carbocycles. The lowest BCUT2D eigenvalue weighted by Gasteiger charge is -2.30. The van der Waals surface area contributed by atoms with Crippen LogP contribution in [0.1, 0.15) is 74.1 Å². The predicted octanol–water partition coefficient (Wildman–Crippen LogP) is 3.69. The first kappa shape index (κ1) is 24.0. The molecule has 0 unspecified atom stereocenters. The van der Waals surface area contributed by atoms with E-state index in [0.717, 1.165) is 55.9 Å². The van der Waals surface area contributed by atoms with Crippen LogP contribution in [-0.2, 0) is 0 Å². The van der Waals surface area contributed by atoms with Crippen molar-refractivity contribution in [3.05, 3.63) is 35.2 Å². The first-order chi connectivity index (χ1) is 15.4. The molecule has 1 aliphatic rings. The lowest BCUT2D eigenvalue weighted by molar-refractivity contribution is 0.0921. The normalized spacial score (nSPS) is 15.8. The third-order valence-corrected chi connectivity index (χ3v) is 5.95. The topological polar surface area (TPSA) is 101 Å². The molecule has 2 N–H and O–H groups in total. The van der Waals surface area contributed by atoms with Crippen molar-refractivity contribution in [3.8, 4) is 5.75 Å². The van der Waals surface area contributed by atoms with Gasteiger partial charge in [-0.2, -0.15) is 4.98 Å². The molecule has 32 heavy (non-hydrogen) atoms. The van der Waals surface area contributed by atoms with E-state index in [1.807, 2.05) is 19.1 Å². The van der Waals surface area contributed by atoms with Gasteiger partial charge in [-0.15, -0.1) is 0 Å². The number of benzene rings is 1. The second-order valence-corrected chi connectivity index (χ2v) is 9.04. The molecule has 1 aliphatic heterocycles. The van der Waals surface area contributed by atoms with E-state index in [-0.39, 0.29) is 24.5 Å². The lowest BCUT2D eigenvalue weighted by atomic mass is 9.92. The number of ether oxygens (including phenoxy) is 1. The number of hydrogen-bond acceptors (Lipinski definition) is 7. The minimum atomic E-state index is -0.269. The molecule has 0 spiro atoms. The van der Waals surface area contributed by atoms with Crippen LogP contribution in [0.5, 0.6) is 5.75 Å². The average Bonchev–Trinajstić information content (AvgIpc) is 3.28. The number of aliphatic hydroxyl groups is 1. The largest absolute Gasteiger partial charge is 0.494 e. The van der Waals surface area contributed by atoms with Gasteiger partial charge in [0.1, 0.15) is 5.75 Å². The summed E-state index contributed by atoms with van der Waals surface area (Å²) in [5.41, 5.74) is 1.46. The van der Waals surface area contributed by atoms with Crippen molar-refractivity contribution < 1.29 is 19.2 Å². The first-order valence-corrected chi connectivity index (χ1v) is 11.6. The molecule has 8 nitrogen and oxygen atoms in total. The monoisotopic (exact) mass is 444 g/mol. The van der Waals surface area contributed by atoms with Crippen molar-refractivity contribution in [2.75, 3.05) is 31.2 Å². The van der Waals surface area contributed by atoms with Gasteiger partial charge in [0.2, 0.25) is 0 Å². The van der Waals surface area contributed by atoms with Crippen molar-refractivity contribution in [2.24, 2.45) is 5.92 Å². The number of anilines is 1. The molecule has 1 aromatic carbocycles. The maximum Gasteiger partial charge on any atom is 0.324 e. The molecule has 2 heterocycles. The van der Waals surface area contributed by atoms with Gasteiger partial charge in [-0.1, -0.05) is 19.0 Å². The number of nitrogens with one attached hydrogen (secondary N) is 1. The van der Waals surface area contributed by atoms with Crippen molar-refractivity contribution in [1.29, 1.82) is 0 Å². The van der Waals surface area contributed by atoms with Crippen LogP contribution in [-0.4, -0.2) is 53.5 Å². The van der Waals surface area contributed by atoms with Crippen LogP contribution in [0.3, 0.4) is 0 Å². The van der Waals surface area contributed by atoms with Gasteiger partial charge in [0, 0.05) is 30.6 Å². The SMILES string of the molecule is Cc1cc(OCCCC2CCN(c3nc(C(C)C)no3)CC2)ccc1C(=O)N[C@H](C)CO. The number of carbonyl (C=O) groups excluding carboxylic acids is 1. The fourth-order valence-electron chi connectivity index (χ4n) is 3.89. The molecule has 1 saturated heterocycles. The number of amides is 1. The number of nitrogens with zero attached hydrogens (tertiary/aromatic N) is 3. The minimum absolute atomic E-state index is 0.0823. The van der Waals surface area contributed by atoms with E-state index in [2.05, 4.69) is 34.2 Å². The van der Waals surface area contributed by atoms with Crippen LogP contribution < -0.4 is 15.0 Å². The number of piperidine rings is 1. The standard InChI is InChI=1S/C24H36N4O4/c1-16(2)22-26-24(32-27-22)28-11-9-19(10-12-28)6-5-13-31-20-7-8-21(17(3)14-20)23(30)25-18(4)15-29/h7-8,14,16,18-19,29H,5-6,9-13,15H2,1-4H3,(H,25,30)/t18-/m1/s1. The Kier molecular flexibility index (Phi) is 8.50. The molecular weight excluding hydrogens is 408 g/mol. The summed E-state index contributed by atoms with van der Waals surface area (Å²) in [7, 11) is 0. The predicted molar refractivity (Wildman–Crippen MR) is 123 cm³/mol. The summed E-state index contributed by atoms with van der Waals surface area (Å²) < 4.78 is 11.3. The molecule has 1 amide bonds. The first-order valence-electron chi connectivity index (χ1n) is 11.6. The third-order valence-electron chi connectivity index (χ3n) is 5.95. The molecule has 8 heteroatoms. The van der Waals surface area contributed by atoms with E-state index in [4.69, 9.17) is 14.4 Å². The van der Waals surface area contributed by atoms with E-state index < -0.39 is 0 Å². The Morgan fingerprint density at radius 3 is 2.69 bits per heavy atom. The van der Waals surface area contributed by atoms with Gasteiger partial charge in [-0.25, -0.2) is 0 Å². The summed E-state index contributed by atoms with van der Waals surface area (Å²) in [6, 6.07) is 5.89. The molecule has 176 valence electrons. The van der Waals surface area contributed by atoms with Crippen LogP contribution in [0.2, 0.25) is 0 Å². The minimum Gasteiger partial charge on any atom is -0.494 e. The third kappa shape index (κ3) is 6.45. The van der Waals surface area contributed by atoms with E-state index in [0.29, 0.717) is 24.1 Å². The number of aliphatic hydroxyl groups excluding tert-OH is 1. The Morgan fingerprint density at radius 2 is 2.06 bits per heavy atom. The van der Waals surface area contributed by atoms with Gasteiger partial charge in [-0.05, 0) is 69.2 Å². The number of rotatable bonds is 10. The fraction of sp³-hybridized carbons (Fsp3) is 0.625. The Labute approximate surface area is 190 Å². The van der Waals surface area contributed by atoms with Gasteiger partial charge in [0.15, 0.2) is 5.82 Å². The van der Waals surface area contributed by atoms with Crippen molar-refractivity contribution >= 4 is 11.9 Å². The molecular formula is C24H36N4O4. The summed E-state index contributed by atoms with van der Waals surface area (Å²) in [5.74, 6) is 2.33. The zero-order valence-corrected chi connectivity index (χ0v) is 19.6. The van der Waals surface area contributed by atoms with Crippen molar-refractivity contribution in [1.82, 2.24) is 15.5 Å². The van der Waals surface area contributed by atoms with Gasteiger partial charge < -0.3 is 24.6 Å². The van der Waals surface area contributed by atoms with Crippen LogP contribution in [0.4, 0.5) is 6.01 Å².